The highest BCUT2D eigenvalue weighted by Crippen LogP contribution is 2.20. The van der Waals surface area contributed by atoms with Crippen molar-refractivity contribution >= 4 is 11.6 Å². The van der Waals surface area contributed by atoms with E-state index in [9.17, 15) is 13.6 Å². The molecule has 0 bridgehead atoms. The van der Waals surface area contributed by atoms with Crippen LogP contribution in [0.5, 0.6) is 5.88 Å². The van der Waals surface area contributed by atoms with Crippen LogP contribution in [-0.2, 0) is 6.05 Å². The number of aromatic nitrogens is 4. The maximum Gasteiger partial charge on any atom is 0.367 e. The number of nitrogens with zero attached hydrogens (tertiary/aromatic N) is 4. The van der Waals surface area contributed by atoms with Gasteiger partial charge in [-0.05, 0) is 13.0 Å². The first-order valence-electron chi connectivity index (χ1n) is 6.12. The molecule has 0 fully saturated rings. The highest BCUT2D eigenvalue weighted by molar-refractivity contribution is 6.02. The number of carbonyl (C=O) groups is 1. The van der Waals surface area contributed by atoms with Crippen LogP contribution in [0.25, 0.3) is 0 Å². The minimum absolute atomic E-state index is 0.126. The molecule has 2 N–H and O–H groups in total. The van der Waals surface area contributed by atoms with E-state index in [1.807, 2.05) is 0 Å². The Bertz CT molecular complexity index is 689. The third-order valence-electron chi connectivity index (χ3n) is 2.77. The standard InChI is InChI=1S/C12H13F2N5O3/c1-7-8(3-4-10(15-7)22-2)16-11(21)9-5-19(18-17-9)12(13,14)6-20/h3-5,20H,6H2,1-2H3,(H,16,21). The van der Waals surface area contributed by atoms with Crippen LogP contribution in [0.2, 0.25) is 0 Å². The molecular weight excluding hydrogens is 300 g/mol. The molecule has 0 saturated heterocycles. The molecule has 2 heterocycles. The lowest BCUT2D eigenvalue weighted by molar-refractivity contribution is -0.131. The van der Waals surface area contributed by atoms with Gasteiger partial charge >= 0.3 is 6.05 Å². The lowest BCUT2D eigenvalue weighted by Crippen LogP contribution is -2.27. The fraction of sp³-hybridized carbons (Fsp3) is 0.333. The van der Waals surface area contributed by atoms with Crippen LogP contribution in [0.4, 0.5) is 14.5 Å². The fourth-order valence-corrected chi connectivity index (χ4v) is 1.57. The summed E-state index contributed by atoms with van der Waals surface area (Å²) >= 11 is 0. The number of aryl methyl sites for hydroxylation is 1. The molecule has 118 valence electrons. The number of methoxy groups -OCH3 is 1. The van der Waals surface area contributed by atoms with Crippen molar-refractivity contribution in [3.63, 3.8) is 0 Å². The molecule has 0 aliphatic rings. The van der Waals surface area contributed by atoms with E-state index < -0.39 is 18.6 Å². The zero-order valence-corrected chi connectivity index (χ0v) is 11.7. The summed E-state index contributed by atoms with van der Waals surface area (Å²) in [7, 11) is 1.46. The van der Waals surface area contributed by atoms with Gasteiger partial charge in [0.25, 0.3) is 5.91 Å². The maximum atomic E-state index is 13.2. The number of nitrogens with one attached hydrogen (secondary N) is 1. The lowest BCUT2D eigenvalue weighted by atomic mass is 10.3. The van der Waals surface area contributed by atoms with Gasteiger partial charge in [0.1, 0.15) is 6.61 Å². The maximum absolute atomic E-state index is 13.2. The molecule has 0 aliphatic heterocycles. The minimum atomic E-state index is -3.62. The van der Waals surface area contributed by atoms with Gasteiger partial charge < -0.3 is 15.2 Å². The molecule has 2 aromatic heterocycles. The van der Waals surface area contributed by atoms with E-state index in [1.54, 1.807) is 19.1 Å². The Morgan fingerprint density at radius 2 is 2.23 bits per heavy atom. The van der Waals surface area contributed by atoms with Crippen LogP contribution in [0.15, 0.2) is 18.3 Å². The van der Waals surface area contributed by atoms with Crippen LogP contribution >= 0.6 is 0 Å². The smallest absolute Gasteiger partial charge is 0.367 e. The molecule has 1 amide bonds. The molecule has 2 rings (SSSR count). The van der Waals surface area contributed by atoms with E-state index in [2.05, 4.69) is 20.6 Å². The molecule has 2 aromatic rings. The van der Waals surface area contributed by atoms with Crippen molar-refractivity contribution in [3.05, 3.63) is 29.7 Å². The Labute approximate surface area is 123 Å². The van der Waals surface area contributed by atoms with Crippen LogP contribution in [0, 0.1) is 6.92 Å². The number of amides is 1. The predicted octanol–water partition coefficient (Wildman–Crippen LogP) is 0.784. The van der Waals surface area contributed by atoms with Crippen molar-refractivity contribution in [2.75, 3.05) is 19.0 Å². The zero-order chi connectivity index (χ0) is 16.3. The first-order chi connectivity index (χ1) is 10.4. The lowest BCUT2D eigenvalue weighted by Gasteiger charge is -2.11. The van der Waals surface area contributed by atoms with E-state index in [0.29, 0.717) is 17.3 Å². The Hall–Kier alpha value is -2.62. The minimum Gasteiger partial charge on any atom is -0.481 e. The molecule has 0 saturated carbocycles. The highest BCUT2D eigenvalue weighted by atomic mass is 19.3. The van der Waals surface area contributed by atoms with E-state index in [4.69, 9.17) is 9.84 Å². The largest absolute Gasteiger partial charge is 0.481 e. The number of halogens is 2. The monoisotopic (exact) mass is 313 g/mol. The third kappa shape index (κ3) is 3.17. The second-order valence-corrected chi connectivity index (χ2v) is 4.31. The van der Waals surface area contributed by atoms with Gasteiger partial charge in [-0.3, -0.25) is 4.79 Å². The summed E-state index contributed by atoms with van der Waals surface area (Å²) < 4.78 is 31.4. The van der Waals surface area contributed by atoms with E-state index >= 15 is 0 Å². The number of aliphatic hydroxyl groups excluding tert-OH is 1. The SMILES string of the molecule is COc1ccc(NC(=O)c2cn(C(F)(F)CO)nn2)c(C)n1. The van der Waals surface area contributed by atoms with Crippen molar-refractivity contribution in [3.8, 4) is 5.88 Å². The Morgan fingerprint density at radius 3 is 2.82 bits per heavy atom. The van der Waals surface area contributed by atoms with Crippen molar-refractivity contribution in [1.82, 2.24) is 20.0 Å². The molecule has 22 heavy (non-hydrogen) atoms. The zero-order valence-electron chi connectivity index (χ0n) is 11.7. The summed E-state index contributed by atoms with van der Waals surface area (Å²) in [5.74, 6) is -0.348. The van der Waals surface area contributed by atoms with Gasteiger partial charge in [-0.15, -0.1) is 5.10 Å². The van der Waals surface area contributed by atoms with Gasteiger partial charge in [0.05, 0.1) is 24.7 Å². The van der Waals surface area contributed by atoms with Gasteiger partial charge in [0.15, 0.2) is 5.69 Å². The summed E-state index contributed by atoms with van der Waals surface area (Å²) in [6.07, 6.45) is 0.748. The summed E-state index contributed by atoms with van der Waals surface area (Å²) in [5, 5.41) is 17.5. The van der Waals surface area contributed by atoms with Crippen LogP contribution in [0.3, 0.4) is 0 Å². The molecule has 8 nitrogen and oxygen atoms in total. The number of rotatable bonds is 5. The van der Waals surface area contributed by atoms with Gasteiger partial charge in [-0.2, -0.15) is 13.5 Å². The highest BCUT2D eigenvalue weighted by Gasteiger charge is 2.32. The number of anilines is 1. The van der Waals surface area contributed by atoms with Gasteiger partial charge in [0, 0.05) is 6.07 Å². The summed E-state index contributed by atoms with van der Waals surface area (Å²) in [6.45, 7) is 0.202. The Morgan fingerprint density at radius 1 is 1.50 bits per heavy atom. The van der Waals surface area contributed by atoms with Crippen LogP contribution < -0.4 is 10.1 Å². The fourth-order valence-electron chi connectivity index (χ4n) is 1.57. The van der Waals surface area contributed by atoms with E-state index in [-0.39, 0.29) is 10.4 Å². The van der Waals surface area contributed by atoms with Gasteiger partial charge in [-0.1, -0.05) is 5.21 Å². The summed E-state index contributed by atoms with van der Waals surface area (Å²) in [4.78, 5) is 16.0. The molecule has 0 aliphatic carbocycles. The van der Waals surface area contributed by atoms with Crippen molar-refractivity contribution < 1.29 is 23.4 Å². The number of carbonyl (C=O) groups excluding carboxylic acids is 1. The molecular formula is C12H13F2N5O3. The van der Waals surface area contributed by atoms with Gasteiger partial charge in [-0.25, -0.2) is 4.98 Å². The predicted molar refractivity (Wildman–Crippen MR) is 70.8 cm³/mol. The second-order valence-electron chi connectivity index (χ2n) is 4.31. The van der Waals surface area contributed by atoms with Gasteiger partial charge in [0.2, 0.25) is 5.88 Å². The average Bonchev–Trinajstić information content (AvgIpc) is 3.00. The van der Waals surface area contributed by atoms with Crippen molar-refractivity contribution in [2.24, 2.45) is 0 Å². The average molecular weight is 313 g/mol. The number of alkyl halides is 2. The molecule has 0 aromatic carbocycles. The number of aliphatic hydroxyl groups is 1. The second kappa shape index (κ2) is 6.02. The number of ether oxygens (including phenoxy) is 1. The number of hydrogen-bond donors (Lipinski definition) is 2. The van der Waals surface area contributed by atoms with Crippen molar-refractivity contribution in [1.29, 1.82) is 0 Å². The molecule has 0 radical (unpaired) electrons. The molecule has 0 unspecified atom stereocenters. The summed E-state index contributed by atoms with van der Waals surface area (Å²) in [6, 6.07) is -0.520. The van der Waals surface area contributed by atoms with Crippen LogP contribution in [0.1, 0.15) is 16.2 Å². The Balaban J connectivity index is 2.16. The summed E-state index contributed by atoms with van der Waals surface area (Å²) in [5.41, 5.74) is 0.554. The molecule has 0 atom stereocenters. The van der Waals surface area contributed by atoms with E-state index in [1.165, 1.54) is 7.11 Å². The third-order valence-corrected chi connectivity index (χ3v) is 2.77. The quantitative estimate of drug-likeness (QED) is 0.846. The van der Waals surface area contributed by atoms with Crippen molar-refractivity contribution in [2.45, 2.75) is 13.0 Å². The first kappa shape index (κ1) is 15.8. The molecule has 10 heteroatoms. The first-order valence-corrected chi connectivity index (χ1v) is 6.12. The van der Waals surface area contributed by atoms with E-state index in [0.717, 1.165) is 6.20 Å². The van der Waals surface area contributed by atoms with Crippen LogP contribution in [-0.4, -0.2) is 44.7 Å². The molecule has 0 spiro atoms. The number of hydrogen-bond acceptors (Lipinski definition) is 6. The number of pyridine rings is 1. The topological polar surface area (TPSA) is 102 Å². The normalized spacial score (nSPS) is 11.3. The Kier molecular flexibility index (Phi) is 4.31.